The summed E-state index contributed by atoms with van der Waals surface area (Å²) >= 11 is 0. The molecular formula is C27H31FN6O. The number of fused-ring (bicyclic) bond motifs is 1. The van der Waals surface area contributed by atoms with E-state index in [1.54, 1.807) is 12.4 Å². The largest absolute Gasteiger partial charge is 0.320 e. The topological polar surface area (TPSA) is 77.6 Å². The number of aryl methyl sites for hydroxylation is 1. The Morgan fingerprint density at radius 1 is 1.20 bits per heavy atom. The minimum Gasteiger partial charge on any atom is -0.320 e. The molecule has 0 spiro atoms. The highest BCUT2D eigenvalue weighted by molar-refractivity contribution is 5.79. The second kappa shape index (κ2) is 9.00. The van der Waals surface area contributed by atoms with E-state index in [-0.39, 0.29) is 21.9 Å². The minimum absolute atomic E-state index is 0.0957. The Hall–Kier alpha value is -3.39. The van der Waals surface area contributed by atoms with Crippen LogP contribution in [0.25, 0.3) is 16.6 Å². The van der Waals surface area contributed by atoms with E-state index in [0.29, 0.717) is 24.1 Å². The first-order valence-electron chi connectivity index (χ1n) is 12.1. The first-order valence-corrected chi connectivity index (χ1v) is 12.1. The molecule has 1 saturated carbocycles. The third-order valence-electron chi connectivity index (χ3n) is 6.97. The van der Waals surface area contributed by atoms with Gasteiger partial charge in [0.15, 0.2) is 0 Å². The van der Waals surface area contributed by atoms with Gasteiger partial charge in [-0.05, 0) is 66.6 Å². The van der Waals surface area contributed by atoms with Crippen LogP contribution in [0.4, 0.5) is 4.39 Å². The van der Waals surface area contributed by atoms with Crippen LogP contribution in [0.15, 0.2) is 53.8 Å². The van der Waals surface area contributed by atoms with Crippen molar-refractivity contribution in [1.82, 2.24) is 29.6 Å². The molecule has 5 rings (SSSR count). The van der Waals surface area contributed by atoms with E-state index in [1.807, 2.05) is 29.8 Å². The zero-order valence-corrected chi connectivity index (χ0v) is 20.6. The molecule has 35 heavy (non-hydrogen) atoms. The minimum atomic E-state index is -0.480. The van der Waals surface area contributed by atoms with Gasteiger partial charge in [0.1, 0.15) is 29.8 Å². The van der Waals surface area contributed by atoms with Gasteiger partial charge in [0.05, 0.1) is 16.5 Å². The highest BCUT2D eigenvalue weighted by atomic mass is 19.1. The molecule has 0 aliphatic heterocycles. The van der Waals surface area contributed by atoms with Crippen LogP contribution in [-0.4, -0.2) is 30.9 Å². The van der Waals surface area contributed by atoms with Crippen molar-refractivity contribution in [3.8, 4) is 5.69 Å². The summed E-state index contributed by atoms with van der Waals surface area (Å²) < 4.78 is 18.3. The summed E-state index contributed by atoms with van der Waals surface area (Å²) in [6.07, 6.45) is 5.07. The smallest absolute Gasteiger partial charge is 0.265 e. The molecule has 182 valence electrons. The van der Waals surface area contributed by atoms with E-state index in [4.69, 9.17) is 0 Å². The SMILES string of the molecule is CC(C)CNCc1cc(F)c2ncn(-c3cccc(C4(c5nncn5C)CC(C)C4)c3)c(=O)c2c1. The predicted octanol–water partition coefficient (Wildman–Crippen LogP) is 4.11. The monoisotopic (exact) mass is 474 g/mol. The Morgan fingerprint density at radius 3 is 2.69 bits per heavy atom. The van der Waals surface area contributed by atoms with Crippen LogP contribution in [0.3, 0.4) is 0 Å². The normalized spacial score (nSPS) is 19.9. The Morgan fingerprint density at radius 2 is 2.00 bits per heavy atom. The summed E-state index contributed by atoms with van der Waals surface area (Å²) in [6, 6.07) is 11.2. The molecule has 2 aromatic heterocycles. The number of nitrogens with zero attached hydrogens (tertiary/aromatic N) is 5. The number of aromatic nitrogens is 5. The third kappa shape index (κ3) is 4.16. The molecule has 0 unspecified atom stereocenters. The molecule has 0 bridgehead atoms. The third-order valence-corrected chi connectivity index (χ3v) is 6.97. The average Bonchev–Trinajstić information content (AvgIpc) is 3.23. The van der Waals surface area contributed by atoms with E-state index in [0.717, 1.165) is 36.3 Å². The molecule has 2 heterocycles. The van der Waals surface area contributed by atoms with E-state index in [2.05, 4.69) is 47.3 Å². The average molecular weight is 475 g/mol. The Labute approximate surface area is 204 Å². The molecule has 7 nitrogen and oxygen atoms in total. The van der Waals surface area contributed by atoms with Gasteiger partial charge in [-0.3, -0.25) is 9.36 Å². The molecule has 1 fully saturated rings. The van der Waals surface area contributed by atoms with Crippen LogP contribution < -0.4 is 10.9 Å². The van der Waals surface area contributed by atoms with Crippen molar-refractivity contribution in [3.63, 3.8) is 0 Å². The fourth-order valence-corrected chi connectivity index (χ4v) is 5.39. The highest BCUT2D eigenvalue weighted by Crippen LogP contribution is 2.51. The molecule has 2 aromatic carbocycles. The molecule has 0 amide bonds. The Balaban J connectivity index is 1.56. The highest BCUT2D eigenvalue weighted by Gasteiger charge is 2.48. The summed E-state index contributed by atoms with van der Waals surface area (Å²) in [5, 5.41) is 12.1. The lowest BCUT2D eigenvalue weighted by molar-refractivity contribution is 0.185. The lowest BCUT2D eigenvalue weighted by atomic mass is 9.58. The summed E-state index contributed by atoms with van der Waals surface area (Å²) in [6.45, 7) is 7.77. The van der Waals surface area contributed by atoms with Gasteiger partial charge in [-0.2, -0.15) is 0 Å². The lowest BCUT2D eigenvalue weighted by Gasteiger charge is -2.46. The van der Waals surface area contributed by atoms with Crippen molar-refractivity contribution in [2.45, 2.75) is 45.6 Å². The molecule has 8 heteroatoms. The van der Waals surface area contributed by atoms with Gasteiger partial charge in [0.25, 0.3) is 5.56 Å². The molecule has 4 aromatic rings. The fourth-order valence-electron chi connectivity index (χ4n) is 5.39. The molecule has 1 aliphatic carbocycles. The molecule has 0 radical (unpaired) electrons. The van der Waals surface area contributed by atoms with Crippen molar-refractivity contribution >= 4 is 10.9 Å². The van der Waals surface area contributed by atoms with Crippen molar-refractivity contribution in [2.24, 2.45) is 18.9 Å². The maximum absolute atomic E-state index is 14.8. The van der Waals surface area contributed by atoms with Crippen LogP contribution in [0.2, 0.25) is 0 Å². The summed E-state index contributed by atoms with van der Waals surface area (Å²) in [5.74, 6) is 1.50. The van der Waals surface area contributed by atoms with Crippen LogP contribution in [0.5, 0.6) is 0 Å². The van der Waals surface area contributed by atoms with Crippen molar-refractivity contribution in [1.29, 1.82) is 0 Å². The molecular weight excluding hydrogens is 443 g/mol. The van der Waals surface area contributed by atoms with E-state index in [9.17, 15) is 9.18 Å². The first kappa shape index (κ1) is 23.4. The first-order chi connectivity index (χ1) is 16.8. The van der Waals surface area contributed by atoms with Gasteiger partial charge >= 0.3 is 0 Å². The number of rotatable bonds is 7. The second-order valence-corrected chi connectivity index (χ2v) is 10.3. The maximum Gasteiger partial charge on any atom is 0.265 e. The van der Waals surface area contributed by atoms with Crippen LogP contribution in [0, 0.1) is 17.7 Å². The molecule has 0 atom stereocenters. The second-order valence-electron chi connectivity index (χ2n) is 10.3. The summed E-state index contributed by atoms with van der Waals surface area (Å²) in [5.41, 5.74) is 2.09. The van der Waals surface area contributed by atoms with Crippen LogP contribution in [-0.2, 0) is 19.0 Å². The van der Waals surface area contributed by atoms with Gasteiger partial charge in [-0.15, -0.1) is 10.2 Å². The number of halogens is 1. The van der Waals surface area contributed by atoms with E-state index in [1.165, 1.54) is 17.0 Å². The van der Waals surface area contributed by atoms with E-state index >= 15 is 0 Å². The predicted molar refractivity (Wildman–Crippen MR) is 134 cm³/mol. The molecule has 1 aliphatic rings. The number of nitrogens with one attached hydrogen (secondary N) is 1. The van der Waals surface area contributed by atoms with E-state index < -0.39 is 5.82 Å². The number of hydrogen-bond acceptors (Lipinski definition) is 5. The Kier molecular flexibility index (Phi) is 6.01. The summed E-state index contributed by atoms with van der Waals surface area (Å²) in [4.78, 5) is 17.8. The van der Waals surface area contributed by atoms with Gasteiger partial charge in [0, 0.05) is 13.6 Å². The van der Waals surface area contributed by atoms with Crippen LogP contribution in [0.1, 0.15) is 50.6 Å². The zero-order chi connectivity index (χ0) is 24.7. The number of benzene rings is 2. The van der Waals surface area contributed by atoms with Crippen molar-refractivity contribution in [3.05, 3.63) is 82.2 Å². The summed E-state index contributed by atoms with van der Waals surface area (Å²) in [7, 11) is 1.96. The molecule has 1 N–H and O–H groups in total. The zero-order valence-electron chi connectivity index (χ0n) is 20.6. The van der Waals surface area contributed by atoms with Crippen molar-refractivity contribution in [2.75, 3.05) is 6.54 Å². The fraction of sp³-hybridized carbons (Fsp3) is 0.407. The number of hydrogen-bond donors (Lipinski definition) is 1. The Bertz CT molecular complexity index is 1430. The van der Waals surface area contributed by atoms with Crippen molar-refractivity contribution < 1.29 is 4.39 Å². The van der Waals surface area contributed by atoms with Gasteiger partial charge in [0.2, 0.25) is 0 Å². The van der Waals surface area contributed by atoms with Gasteiger partial charge in [-0.25, -0.2) is 9.37 Å². The maximum atomic E-state index is 14.8. The van der Waals surface area contributed by atoms with Gasteiger partial charge in [-0.1, -0.05) is 32.9 Å². The molecule has 0 saturated heterocycles. The lowest BCUT2D eigenvalue weighted by Crippen LogP contribution is -2.43. The quantitative estimate of drug-likeness (QED) is 0.436. The standard InChI is InChI=1S/C27H31FN6O/c1-17(2)13-29-14-19-8-22-24(23(28)9-19)30-15-34(25(22)35)21-7-5-6-20(10-21)27(11-18(3)12-27)26-32-31-16-33(26)4/h5-10,15-18,29H,11-14H2,1-4H3. The van der Waals surface area contributed by atoms with Crippen LogP contribution >= 0.6 is 0 Å². The van der Waals surface area contributed by atoms with Gasteiger partial charge < -0.3 is 9.88 Å².